The molecule has 1 amide bonds. The summed E-state index contributed by atoms with van der Waals surface area (Å²) in [5.41, 5.74) is 1.73. The summed E-state index contributed by atoms with van der Waals surface area (Å²) < 4.78 is 7.22. The topological polar surface area (TPSA) is 55.6 Å². The lowest BCUT2D eigenvalue weighted by molar-refractivity contribution is -0.120. The van der Waals surface area contributed by atoms with E-state index in [-0.39, 0.29) is 5.91 Å². The minimum absolute atomic E-state index is 0.0452. The van der Waals surface area contributed by atoms with Gasteiger partial charge in [-0.3, -0.25) is 4.79 Å². The third-order valence-corrected chi connectivity index (χ3v) is 4.21. The Morgan fingerprint density at radius 3 is 3.09 bits per heavy atom. The van der Waals surface area contributed by atoms with E-state index in [9.17, 15) is 4.79 Å². The SMILES string of the molecule is COc1cccn2cc(CCNC(=O)Cc3cccs3)nc12. The van der Waals surface area contributed by atoms with E-state index in [1.165, 1.54) is 0 Å². The second-order valence-electron chi connectivity index (χ2n) is 4.90. The summed E-state index contributed by atoms with van der Waals surface area (Å²) in [4.78, 5) is 17.4. The van der Waals surface area contributed by atoms with Crippen molar-refractivity contribution in [3.8, 4) is 5.75 Å². The number of methoxy groups -OCH3 is 1. The van der Waals surface area contributed by atoms with Gasteiger partial charge < -0.3 is 14.5 Å². The highest BCUT2D eigenvalue weighted by Gasteiger charge is 2.08. The Hall–Kier alpha value is -2.34. The predicted molar refractivity (Wildman–Crippen MR) is 86.5 cm³/mol. The van der Waals surface area contributed by atoms with Crippen LogP contribution in [-0.2, 0) is 17.6 Å². The molecule has 6 heteroatoms. The second-order valence-corrected chi connectivity index (χ2v) is 5.93. The lowest BCUT2D eigenvalue weighted by Gasteiger charge is -2.02. The number of carbonyl (C=O) groups excluding carboxylic acids is 1. The summed E-state index contributed by atoms with van der Waals surface area (Å²) in [5.74, 6) is 0.791. The summed E-state index contributed by atoms with van der Waals surface area (Å²) in [6, 6.07) is 7.73. The molecule has 0 spiro atoms. The Morgan fingerprint density at radius 2 is 2.32 bits per heavy atom. The fourth-order valence-corrected chi connectivity index (χ4v) is 2.99. The Morgan fingerprint density at radius 1 is 1.41 bits per heavy atom. The van der Waals surface area contributed by atoms with Gasteiger partial charge in [0.05, 0.1) is 19.2 Å². The van der Waals surface area contributed by atoms with E-state index in [2.05, 4.69) is 10.3 Å². The first kappa shape index (κ1) is 14.6. The summed E-state index contributed by atoms with van der Waals surface area (Å²) in [6.07, 6.45) is 5.03. The molecule has 0 radical (unpaired) electrons. The molecule has 114 valence electrons. The maximum absolute atomic E-state index is 11.8. The second kappa shape index (κ2) is 6.62. The summed E-state index contributed by atoms with van der Waals surface area (Å²) in [7, 11) is 1.63. The zero-order chi connectivity index (χ0) is 15.4. The molecule has 0 aromatic carbocycles. The Kier molecular flexibility index (Phi) is 4.39. The summed E-state index contributed by atoms with van der Waals surface area (Å²) in [5, 5.41) is 4.91. The normalized spacial score (nSPS) is 10.8. The van der Waals surface area contributed by atoms with Crippen molar-refractivity contribution in [1.82, 2.24) is 14.7 Å². The minimum atomic E-state index is 0.0452. The number of rotatable bonds is 6. The number of amides is 1. The third-order valence-electron chi connectivity index (χ3n) is 3.33. The number of nitrogens with zero attached hydrogens (tertiary/aromatic N) is 2. The largest absolute Gasteiger partial charge is 0.493 e. The summed E-state index contributed by atoms with van der Waals surface area (Å²) in [6.45, 7) is 0.580. The van der Waals surface area contributed by atoms with Gasteiger partial charge in [-0.05, 0) is 23.6 Å². The van der Waals surface area contributed by atoms with E-state index in [0.717, 1.165) is 22.0 Å². The molecule has 0 fully saturated rings. The Balaban J connectivity index is 1.56. The fraction of sp³-hybridized carbons (Fsp3) is 0.250. The molecule has 0 atom stereocenters. The number of imidazole rings is 1. The molecule has 3 rings (SSSR count). The van der Waals surface area contributed by atoms with Gasteiger partial charge in [-0.25, -0.2) is 4.98 Å². The summed E-state index contributed by atoms with van der Waals surface area (Å²) >= 11 is 1.60. The number of thiophene rings is 1. The lowest BCUT2D eigenvalue weighted by Crippen LogP contribution is -2.27. The maximum atomic E-state index is 11.8. The van der Waals surface area contributed by atoms with Gasteiger partial charge in [0.2, 0.25) is 5.91 Å². The standard InChI is InChI=1S/C16H17N3O2S/c1-21-14-5-2-8-19-11-12(18-16(14)19)6-7-17-15(20)10-13-4-3-9-22-13/h2-5,8-9,11H,6-7,10H2,1H3,(H,17,20). The zero-order valence-corrected chi connectivity index (χ0v) is 13.1. The zero-order valence-electron chi connectivity index (χ0n) is 12.3. The highest BCUT2D eigenvalue weighted by molar-refractivity contribution is 7.10. The average molecular weight is 315 g/mol. The van der Waals surface area contributed by atoms with E-state index in [0.29, 0.717) is 19.4 Å². The van der Waals surface area contributed by atoms with Crippen molar-refractivity contribution in [3.63, 3.8) is 0 Å². The van der Waals surface area contributed by atoms with Crippen molar-refractivity contribution in [2.45, 2.75) is 12.8 Å². The van der Waals surface area contributed by atoms with Crippen LogP contribution in [0, 0.1) is 0 Å². The molecular weight excluding hydrogens is 298 g/mol. The molecule has 0 aliphatic heterocycles. The van der Waals surface area contributed by atoms with Crippen LogP contribution >= 0.6 is 11.3 Å². The lowest BCUT2D eigenvalue weighted by atomic mass is 10.3. The van der Waals surface area contributed by atoms with Crippen LogP contribution < -0.4 is 10.1 Å². The van der Waals surface area contributed by atoms with Crippen LogP contribution in [0.25, 0.3) is 5.65 Å². The number of aromatic nitrogens is 2. The molecule has 0 aliphatic rings. The number of hydrogen-bond donors (Lipinski definition) is 1. The van der Waals surface area contributed by atoms with E-state index < -0.39 is 0 Å². The van der Waals surface area contributed by atoms with Gasteiger partial charge in [0, 0.05) is 30.2 Å². The van der Waals surface area contributed by atoms with Gasteiger partial charge in [-0.1, -0.05) is 6.07 Å². The van der Waals surface area contributed by atoms with Crippen molar-refractivity contribution in [2.24, 2.45) is 0 Å². The van der Waals surface area contributed by atoms with Crippen molar-refractivity contribution in [1.29, 1.82) is 0 Å². The molecule has 22 heavy (non-hydrogen) atoms. The van der Waals surface area contributed by atoms with Crippen molar-refractivity contribution in [3.05, 3.63) is 52.6 Å². The monoisotopic (exact) mass is 315 g/mol. The van der Waals surface area contributed by atoms with E-state index in [1.54, 1.807) is 18.4 Å². The van der Waals surface area contributed by atoms with Crippen LogP contribution in [0.4, 0.5) is 0 Å². The molecule has 1 N–H and O–H groups in total. The number of carbonyl (C=O) groups is 1. The maximum Gasteiger partial charge on any atom is 0.225 e. The van der Waals surface area contributed by atoms with Gasteiger partial charge in [0.25, 0.3) is 0 Å². The molecule has 0 bridgehead atoms. The molecular formula is C16H17N3O2S. The molecule has 5 nitrogen and oxygen atoms in total. The highest BCUT2D eigenvalue weighted by Crippen LogP contribution is 2.18. The first-order valence-corrected chi connectivity index (χ1v) is 7.94. The number of hydrogen-bond acceptors (Lipinski definition) is 4. The van der Waals surface area contributed by atoms with Gasteiger partial charge in [0.1, 0.15) is 0 Å². The van der Waals surface area contributed by atoms with Crippen LogP contribution in [0.2, 0.25) is 0 Å². The van der Waals surface area contributed by atoms with Crippen LogP contribution in [0.1, 0.15) is 10.6 Å². The number of pyridine rings is 1. The van der Waals surface area contributed by atoms with Crippen molar-refractivity contribution < 1.29 is 9.53 Å². The van der Waals surface area contributed by atoms with Gasteiger partial charge in [-0.15, -0.1) is 11.3 Å². The number of nitrogens with one attached hydrogen (secondary N) is 1. The molecule has 0 unspecified atom stereocenters. The smallest absolute Gasteiger partial charge is 0.225 e. The molecule has 0 aliphatic carbocycles. The van der Waals surface area contributed by atoms with E-state index in [1.807, 2.05) is 46.4 Å². The van der Waals surface area contributed by atoms with Gasteiger partial charge in [-0.2, -0.15) is 0 Å². The first-order valence-electron chi connectivity index (χ1n) is 7.06. The van der Waals surface area contributed by atoms with Crippen molar-refractivity contribution in [2.75, 3.05) is 13.7 Å². The number of fused-ring (bicyclic) bond motifs is 1. The van der Waals surface area contributed by atoms with Crippen LogP contribution in [0.5, 0.6) is 5.75 Å². The van der Waals surface area contributed by atoms with Crippen LogP contribution in [0.3, 0.4) is 0 Å². The van der Waals surface area contributed by atoms with Gasteiger partial charge in [0.15, 0.2) is 11.4 Å². The average Bonchev–Trinajstić information content (AvgIpc) is 3.15. The van der Waals surface area contributed by atoms with Crippen LogP contribution in [-0.4, -0.2) is 28.9 Å². The highest BCUT2D eigenvalue weighted by atomic mass is 32.1. The number of ether oxygens (including phenoxy) is 1. The molecule has 3 aromatic heterocycles. The Bertz CT molecular complexity index is 765. The van der Waals surface area contributed by atoms with Crippen molar-refractivity contribution >= 4 is 22.9 Å². The third kappa shape index (κ3) is 3.28. The van der Waals surface area contributed by atoms with E-state index in [4.69, 9.17) is 4.74 Å². The molecule has 0 saturated heterocycles. The molecule has 3 heterocycles. The minimum Gasteiger partial charge on any atom is -0.493 e. The van der Waals surface area contributed by atoms with Crippen LogP contribution in [0.15, 0.2) is 42.0 Å². The predicted octanol–water partition coefficient (Wildman–Crippen LogP) is 2.31. The van der Waals surface area contributed by atoms with E-state index >= 15 is 0 Å². The fourth-order valence-electron chi connectivity index (χ4n) is 2.28. The quantitative estimate of drug-likeness (QED) is 0.759. The van der Waals surface area contributed by atoms with Gasteiger partial charge >= 0.3 is 0 Å². The molecule has 3 aromatic rings. The Labute approximate surface area is 132 Å². The molecule has 0 saturated carbocycles. The first-order chi connectivity index (χ1) is 10.8.